The molecule has 0 aliphatic heterocycles. The van der Waals surface area contributed by atoms with Crippen LogP contribution < -0.4 is 5.06 Å². The van der Waals surface area contributed by atoms with Crippen LogP contribution in [0.4, 0.5) is 5.69 Å². The normalized spacial score (nSPS) is 17.8. The van der Waals surface area contributed by atoms with E-state index in [9.17, 15) is 9.59 Å². The standard InChI is InChI=1S/C31H30N2O5/c1-3-36-30(35)31(18-19-31)27-15-13-25(14-16-27)24-9-11-26(12-10-24)29-28(22(2)32-38-29)33(21-34)37-20-17-23-7-5-4-6-8-23/h4-16,21H,3,17-20H2,1-2H3/i4D,5D,6D,7D,8D,17D2,20D2. The van der Waals surface area contributed by atoms with Gasteiger partial charge in [-0.3, -0.25) is 14.4 Å². The first-order valence-corrected chi connectivity index (χ1v) is 12.0. The molecule has 1 aliphatic carbocycles. The van der Waals surface area contributed by atoms with Crippen LogP contribution in [0.25, 0.3) is 22.5 Å². The zero-order valence-corrected chi connectivity index (χ0v) is 20.8. The van der Waals surface area contributed by atoms with Gasteiger partial charge < -0.3 is 9.26 Å². The zero-order chi connectivity index (χ0) is 34.5. The molecule has 0 N–H and O–H groups in total. The number of hydrogen-bond donors (Lipinski definition) is 0. The molecule has 1 heterocycles. The predicted octanol–water partition coefficient (Wildman–Crippen LogP) is 6.05. The summed E-state index contributed by atoms with van der Waals surface area (Å²) in [4.78, 5) is 29.9. The van der Waals surface area contributed by atoms with Crippen molar-refractivity contribution in [3.8, 4) is 22.5 Å². The van der Waals surface area contributed by atoms with E-state index >= 15 is 0 Å². The second kappa shape index (κ2) is 11.0. The topological polar surface area (TPSA) is 81.9 Å². The van der Waals surface area contributed by atoms with Crippen molar-refractivity contribution in [2.45, 2.75) is 38.5 Å². The first kappa shape index (κ1) is 16.6. The van der Waals surface area contributed by atoms with Gasteiger partial charge in [0.05, 0.1) is 28.2 Å². The van der Waals surface area contributed by atoms with Crippen molar-refractivity contribution in [2.75, 3.05) is 18.2 Å². The number of ether oxygens (including phenoxy) is 1. The maximum absolute atomic E-state index is 12.5. The molecule has 1 aliphatic rings. The molecule has 0 unspecified atom stereocenters. The third-order valence-corrected chi connectivity index (χ3v) is 6.30. The summed E-state index contributed by atoms with van der Waals surface area (Å²) >= 11 is 0. The second-order valence-electron chi connectivity index (χ2n) is 8.65. The number of hydroxylamine groups is 1. The Labute approximate surface area is 234 Å². The van der Waals surface area contributed by atoms with E-state index in [0.29, 0.717) is 17.2 Å². The van der Waals surface area contributed by atoms with Crippen molar-refractivity contribution >= 4 is 18.1 Å². The number of benzene rings is 3. The lowest BCUT2D eigenvalue weighted by Gasteiger charge is -2.17. The number of carbonyl (C=O) groups excluding carboxylic acids is 2. The molecule has 0 bridgehead atoms. The molecular weight excluding hydrogens is 480 g/mol. The van der Waals surface area contributed by atoms with E-state index in [4.69, 9.17) is 26.4 Å². The van der Waals surface area contributed by atoms with Gasteiger partial charge in [0, 0.05) is 8.30 Å². The third-order valence-electron chi connectivity index (χ3n) is 6.30. The second-order valence-corrected chi connectivity index (χ2v) is 8.65. The molecule has 1 fully saturated rings. The Bertz CT molecular complexity index is 1810. The number of hydrogen-bond acceptors (Lipinski definition) is 6. The summed E-state index contributed by atoms with van der Waals surface area (Å²) in [5, 5.41) is 4.28. The highest BCUT2D eigenvalue weighted by Gasteiger charge is 2.52. The van der Waals surface area contributed by atoms with E-state index in [1.54, 1.807) is 31.2 Å². The van der Waals surface area contributed by atoms with Crippen LogP contribution in [-0.2, 0) is 31.0 Å². The summed E-state index contributed by atoms with van der Waals surface area (Å²) in [6.45, 7) is 0.115. The highest BCUT2D eigenvalue weighted by Crippen LogP contribution is 2.49. The molecule has 4 aromatic rings. The summed E-state index contributed by atoms with van der Waals surface area (Å²) < 4.78 is 84.2. The molecule has 0 radical (unpaired) electrons. The fourth-order valence-electron chi connectivity index (χ4n) is 4.17. The molecule has 1 aromatic heterocycles. The minimum absolute atomic E-state index is 0.000722. The number of aryl methyl sites for hydroxylation is 1. The molecule has 1 saturated carbocycles. The summed E-state index contributed by atoms with van der Waals surface area (Å²) in [6, 6.07) is 10.2. The van der Waals surface area contributed by atoms with E-state index in [1.807, 2.05) is 24.3 Å². The molecule has 194 valence electrons. The van der Waals surface area contributed by atoms with Crippen LogP contribution in [0, 0.1) is 6.92 Å². The molecule has 1 amide bonds. The number of carbonyl (C=O) groups is 2. The highest BCUT2D eigenvalue weighted by atomic mass is 16.7. The first-order chi connectivity index (χ1) is 22.1. The molecule has 3 aromatic carbocycles. The Kier molecular flexibility index (Phi) is 4.81. The van der Waals surface area contributed by atoms with Gasteiger partial charge in [0.2, 0.25) is 6.41 Å². The van der Waals surface area contributed by atoms with Crippen LogP contribution in [0.5, 0.6) is 0 Å². The van der Waals surface area contributed by atoms with Gasteiger partial charge >= 0.3 is 5.97 Å². The lowest BCUT2D eigenvalue weighted by Crippen LogP contribution is -2.23. The molecule has 5 rings (SSSR count). The summed E-state index contributed by atoms with van der Waals surface area (Å²) in [7, 11) is 0. The Morgan fingerprint density at radius 1 is 1.08 bits per heavy atom. The van der Waals surface area contributed by atoms with Gasteiger partial charge in [-0.15, -0.1) is 0 Å². The van der Waals surface area contributed by atoms with Crippen molar-refractivity contribution in [1.29, 1.82) is 0 Å². The predicted molar refractivity (Wildman–Crippen MR) is 144 cm³/mol. The van der Waals surface area contributed by atoms with Gasteiger partial charge in [-0.1, -0.05) is 83.9 Å². The van der Waals surface area contributed by atoms with Gasteiger partial charge in [-0.2, -0.15) is 5.06 Å². The summed E-state index contributed by atoms with van der Waals surface area (Å²) in [5.41, 5.74) is 1.41. The van der Waals surface area contributed by atoms with Crippen LogP contribution >= 0.6 is 0 Å². The minimum Gasteiger partial charge on any atom is -0.465 e. The average Bonchev–Trinajstić information content (AvgIpc) is 3.78. The maximum Gasteiger partial charge on any atom is 0.316 e. The molecule has 7 heteroatoms. The molecule has 0 saturated heterocycles. The van der Waals surface area contributed by atoms with Gasteiger partial charge in [0.15, 0.2) is 5.76 Å². The van der Waals surface area contributed by atoms with Crippen molar-refractivity contribution in [2.24, 2.45) is 0 Å². The van der Waals surface area contributed by atoms with Crippen molar-refractivity contribution in [3.05, 3.63) is 95.6 Å². The van der Waals surface area contributed by atoms with Gasteiger partial charge in [-0.05, 0) is 55.3 Å². The Hall–Kier alpha value is -4.23. The molecule has 38 heavy (non-hydrogen) atoms. The number of rotatable bonds is 11. The quantitative estimate of drug-likeness (QED) is 0.136. The highest BCUT2D eigenvalue weighted by molar-refractivity contribution is 5.87. The summed E-state index contributed by atoms with van der Waals surface area (Å²) in [5.74, 6) is -0.220. The number of esters is 1. The monoisotopic (exact) mass is 519 g/mol. The number of amides is 1. The first-order valence-electron chi connectivity index (χ1n) is 16.5. The Morgan fingerprint density at radius 3 is 2.32 bits per heavy atom. The zero-order valence-electron chi connectivity index (χ0n) is 29.8. The lowest BCUT2D eigenvalue weighted by atomic mass is 9.93. The van der Waals surface area contributed by atoms with Crippen LogP contribution in [0.3, 0.4) is 0 Å². The smallest absolute Gasteiger partial charge is 0.316 e. The maximum atomic E-state index is 12.5. The van der Waals surface area contributed by atoms with E-state index in [0.717, 1.165) is 29.5 Å². The number of nitrogens with zero attached hydrogens (tertiary/aromatic N) is 2. The number of anilines is 1. The van der Waals surface area contributed by atoms with Crippen molar-refractivity contribution in [3.63, 3.8) is 0 Å². The van der Waals surface area contributed by atoms with Crippen LogP contribution in [-0.4, -0.2) is 30.7 Å². The fourth-order valence-corrected chi connectivity index (χ4v) is 4.17. The largest absolute Gasteiger partial charge is 0.465 e. The van der Waals surface area contributed by atoms with Crippen LogP contribution in [0.1, 0.15) is 48.9 Å². The molecule has 0 spiro atoms. The third kappa shape index (κ3) is 5.10. The molecule has 7 nitrogen and oxygen atoms in total. The van der Waals surface area contributed by atoms with Gasteiger partial charge in [0.1, 0.15) is 11.4 Å². The number of aromatic nitrogens is 1. The van der Waals surface area contributed by atoms with E-state index in [1.165, 1.54) is 6.92 Å². The van der Waals surface area contributed by atoms with Gasteiger partial charge in [0.25, 0.3) is 0 Å². The fraction of sp³-hybridized carbons (Fsp3) is 0.258. The Balaban J connectivity index is 1.41. The van der Waals surface area contributed by atoms with E-state index in [-0.39, 0.29) is 29.5 Å². The Morgan fingerprint density at radius 2 is 1.71 bits per heavy atom. The van der Waals surface area contributed by atoms with Crippen LogP contribution in [0.15, 0.2) is 83.3 Å². The van der Waals surface area contributed by atoms with E-state index < -0.39 is 54.1 Å². The minimum atomic E-state index is -3.44. The molecular formula is C31H30N2O5. The lowest BCUT2D eigenvalue weighted by molar-refractivity contribution is -0.146. The summed E-state index contributed by atoms with van der Waals surface area (Å²) in [6.07, 6.45) is -1.78. The van der Waals surface area contributed by atoms with E-state index in [2.05, 4.69) is 5.16 Å². The van der Waals surface area contributed by atoms with Crippen LogP contribution in [0.2, 0.25) is 0 Å². The average molecular weight is 520 g/mol. The molecule has 0 atom stereocenters. The van der Waals surface area contributed by atoms with Crippen molar-refractivity contribution in [1.82, 2.24) is 5.16 Å². The van der Waals surface area contributed by atoms with Gasteiger partial charge in [-0.25, -0.2) is 0 Å². The van der Waals surface area contributed by atoms with Crippen molar-refractivity contribution < 1.29 is 36.0 Å². The SMILES string of the molecule is [2H]c1c([2H])c([2H])c(C([2H])([2H])C([2H])([2H])ON(C=O)c2c(C)noc2-c2ccc(-c3ccc(C4(C(=O)OCC)CC4)cc3)cc2)c([2H])c1[2H].